The first-order valence-electron chi connectivity index (χ1n) is 6.02. The molecule has 0 unspecified atom stereocenters. The summed E-state index contributed by atoms with van der Waals surface area (Å²) in [6.45, 7) is 0.495. The van der Waals surface area contributed by atoms with Crippen LogP contribution in [0.4, 0.5) is 18.9 Å². The quantitative estimate of drug-likeness (QED) is 0.628. The van der Waals surface area contributed by atoms with E-state index in [0.29, 0.717) is 16.6 Å². The molecule has 0 aliphatic rings. The predicted octanol–water partition coefficient (Wildman–Crippen LogP) is 5.80. The summed E-state index contributed by atoms with van der Waals surface area (Å²) in [6.07, 6.45) is -4.41. The molecule has 0 saturated carbocycles. The van der Waals surface area contributed by atoms with Crippen molar-refractivity contribution in [3.8, 4) is 0 Å². The summed E-state index contributed by atoms with van der Waals surface area (Å²) in [5, 5.41) is 0. The maximum Gasteiger partial charge on any atom is 0.416 e. The smallest absolute Gasteiger partial charge is 0.369 e. The molecule has 0 aliphatic carbocycles. The molecule has 7 heteroatoms. The van der Waals surface area contributed by atoms with E-state index in [1.165, 1.54) is 17.4 Å². The van der Waals surface area contributed by atoms with Crippen molar-refractivity contribution >= 4 is 40.2 Å². The third-order valence-electron chi connectivity index (χ3n) is 3.01. The van der Waals surface area contributed by atoms with Gasteiger partial charge in [0.1, 0.15) is 0 Å². The van der Waals surface area contributed by atoms with Gasteiger partial charge in [0, 0.05) is 23.5 Å². The Morgan fingerprint density at radius 2 is 1.90 bits per heavy atom. The van der Waals surface area contributed by atoms with Crippen molar-refractivity contribution in [1.82, 2.24) is 0 Å². The van der Waals surface area contributed by atoms with Gasteiger partial charge in [0.05, 0.1) is 16.4 Å². The van der Waals surface area contributed by atoms with Gasteiger partial charge in [0.2, 0.25) is 0 Å². The van der Waals surface area contributed by atoms with Gasteiger partial charge in [-0.1, -0.05) is 17.7 Å². The van der Waals surface area contributed by atoms with Crippen LogP contribution in [-0.4, -0.2) is 7.05 Å². The van der Waals surface area contributed by atoms with Gasteiger partial charge >= 0.3 is 6.18 Å². The van der Waals surface area contributed by atoms with E-state index >= 15 is 0 Å². The summed E-state index contributed by atoms with van der Waals surface area (Å²) in [5.74, 6) is -0.167. The lowest BCUT2D eigenvalue weighted by atomic mass is 10.1. The second kappa shape index (κ2) is 6.46. The van der Waals surface area contributed by atoms with Gasteiger partial charge in [-0.2, -0.15) is 13.2 Å². The fourth-order valence-electron chi connectivity index (χ4n) is 1.94. The molecule has 0 aliphatic heterocycles. The molecule has 1 nitrogen and oxygen atoms in total. The third-order valence-corrected chi connectivity index (χ3v) is 4.51. The Hall–Kier alpha value is -0.910. The summed E-state index contributed by atoms with van der Waals surface area (Å²) >= 11 is 12.8. The van der Waals surface area contributed by atoms with E-state index in [0.717, 1.165) is 10.9 Å². The Bertz CT molecular complexity index is 625. The molecule has 0 saturated heterocycles. The summed E-state index contributed by atoms with van der Waals surface area (Å²) in [6, 6.07) is 7.83. The van der Waals surface area contributed by atoms with Crippen LogP contribution in [0.15, 0.2) is 30.3 Å². The highest BCUT2D eigenvalue weighted by Crippen LogP contribution is 2.35. The molecule has 0 atom stereocenters. The number of thiophene rings is 1. The van der Waals surface area contributed by atoms with Crippen LogP contribution < -0.4 is 4.90 Å². The van der Waals surface area contributed by atoms with Crippen molar-refractivity contribution in [1.29, 1.82) is 0 Å². The highest BCUT2D eigenvalue weighted by molar-refractivity contribution is 7.16. The molecule has 21 heavy (non-hydrogen) atoms. The van der Waals surface area contributed by atoms with Crippen LogP contribution in [0, 0.1) is 0 Å². The topological polar surface area (TPSA) is 3.24 Å². The van der Waals surface area contributed by atoms with Gasteiger partial charge in [0.25, 0.3) is 0 Å². The molecule has 0 bridgehead atoms. The fraction of sp³-hybridized carbons (Fsp3) is 0.286. The van der Waals surface area contributed by atoms with Crippen molar-refractivity contribution in [3.05, 3.63) is 50.7 Å². The van der Waals surface area contributed by atoms with Crippen LogP contribution in [0.3, 0.4) is 0 Å². The number of halogens is 5. The molecule has 0 amide bonds. The van der Waals surface area contributed by atoms with E-state index in [1.807, 2.05) is 6.07 Å². The Morgan fingerprint density at radius 3 is 2.43 bits per heavy atom. The standard InChI is InChI=1S/C14H12Cl2F3NS/c1-20(8-11-4-5-13(16)21-11)10-3-2-9(7-15)12(6-10)14(17,18)19/h2-6H,7-8H2,1H3. The Labute approximate surface area is 134 Å². The van der Waals surface area contributed by atoms with Crippen LogP contribution in [-0.2, 0) is 18.6 Å². The Kier molecular flexibility index (Phi) is 5.07. The summed E-state index contributed by atoms with van der Waals surface area (Å²) in [5.41, 5.74) is -0.118. The molecule has 1 heterocycles. The highest BCUT2D eigenvalue weighted by atomic mass is 35.5. The lowest BCUT2D eigenvalue weighted by molar-refractivity contribution is -0.138. The fourth-order valence-corrected chi connectivity index (χ4v) is 3.32. The van der Waals surface area contributed by atoms with Gasteiger partial charge < -0.3 is 4.90 Å². The van der Waals surface area contributed by atoms with E-state index in [4.69, 9.17) is 23.2 Å². The molecule has 1 aromatic carbocycles. The van der Waals surface area contributed by atoms with Gasteiger partial charge in [-0.3, -0.25) is 0 Å². The van der Waals surface area contributed by atoms with Crippen molar-refractivity contribution in [2.24, 2.45) is 0 Å². The first kappa shape index (κ1) is 16.5. The maximum atomic E-state index is 13.0. The Balaban J connectivity index is 2.27. The molecule has 2 rings (SSSR count). The second-order valence-corrected chi connectivity index (χ2v) is 6.60. The zero-order valence-corrected chi connectivity index (χ0v) is 13.4. The van der Waals surface area contributed by atoms with Gasteiger partial charge in [0.15, 0.2) is 0 Å². The predicted molar refractivity (Wildman–Crippen MR) is 82.4 cm³/mol. The number of benzene rings is 1. The van der Waals surface area contributed by atoms with Crippen molar-refractivity contribution in [3.63, 3.8) is 0 Å². The van der Waals surface area contributed by atoms with E-state index < -0.39 is 11.7 Å². The van der Waals surface area contributed by atoms with Gasteiger partial charge in [-0.15, -0.1) is 22.9 Å². The molecule has 0 fully saturated rings. The van der Waals surface area contributed by atoms with Crippen LogP contribution in [0.5, 0.6) is 0 Å². The lowest BCUT2D eigenvalue weighted by Crippen LogP contribution is -2.17. The summed E-state index contributed by atoms with van der Waals surface area (Å²) < 4.78 is 39.7. The molecule has 1 aromatic heterocycles. The molecule has 0 N–H and O–H groups in total. The number of nitrogens with zero attached hydrogens (tertiary/aromatic N) is 1. The number of hydrogen-bond donors (Lipinski definition) is 0. The minimum atomic E-state index is -4.41. The van der Waals surface area contributed by atoms with E-state index in [-0.39, 0.29) is 11.4 Å². The van der Waals surface area contributed by atoms with Crippen molar-refractivity contribution < 1.29 is 13.2 Å². The zero-order chi connectivity index (χ0) is 15.6. The molecule has 2 aromatic rings. The third kappa shape index (κ3) is 4.05. The Morgan fingerprint density at radius 1 is 1.19 bits per heavy atom. The van der Waals surface area contributed by atoms with E-state index in [9.17, 15) is 13.2 Å². The maximum absolute atomic E-state index is 13.0. The monoisotopic (exact) mass is 353 g/mol. The average molecular weight is 354 g/mol. The number of hydrogen-bond acceptors (Lipinski definition) is 2. The summed E-state index contributed by atoms with van der Waals surface area (Å²) in [7, 11) is 1.74. The van der Waals surface area contributed by atoms with Crippen LogP contribution >= 0.6 is 34.5 Å². The minimum Gasteiger partial charge on any atom is -0.369 e. The SMILES string of the molecule is CN(Cc1ccc(Cl)s1)c1ccc(CCl)c(C(F)(F)F)c1. The molecule has 114 valence electrons. The van der Waals surface area contributed by atoms with E-state index in [1.54, 1.807) is 24.1 Å². The molecule has 0 radical (unpaired) electrons. The average Bonchev–Trinajstić information content (AvgIpc) is 2.82. The largest absolute Gasteiger partial charge is 0.416 e. The van der Waals surface area contributed by atoms with Crippen molar-refractivity contribution in [2.75, 3.05) is 11.9 Å². The highest BCUT2D eigenvalue weighted by Gasteiger charge is 2.33. The summed E-state index contributed by atoms with van der Waals surface area (Å²) in [4.78, 5) is 2.73. The van der Waals surface area contributed by atoms with Gasteiger partial charge in [-0.05, 0) is 29.8 Å². The lowest BCUT2D eigenvalue weighted by Gasteiger charge is -2.21. The first-order chi connectivity index (χ1) is 9.81. The molecular formula is C14H12Cl2F3NS. The number of rotatable bonds is 4. The van der Waals surface area contributed by atoms with Gasteiger partial charge in [-0.25, -0.2) is 0 Å². The normalized spacial score (nSPS) is 11.7. The number of alkyl halides is 4. The van der Waals surface area contributed by atoms with Crippen molar-refractivity contribution in [2.45, 2.75) is 18.6 Å². The van der Waals surface area contributed by atoms with E-state index in [2.05, 4.69) is 0 Å². The second-order valence-electron chi connectivity index (χ2n) is 4.53. The van der Waals surface area contributed by atoms with Crippen LogP contribution in [0.2, 0.25) is 4.34 Å². The minimum absolute atomic E-state index is 0.0838. The first-order valence-corrected chi connectivity index (χ1v) is 7.75. The number of anilines is 1. The van der Waals surface area contributed by atoms with Crippen LogP contribution in [0.1, 0.15) is 16.0 Å². The van der Waals surface area contributed by atoms with Crippen LogP contribution in [0.25, 0.3) is 0 Å². The molecule has 0 spiro atoms. The molecular weight excluding hydrogens is 342 g/mol. The zero-order valence-electron chi connectivity index (χ0n) is 11.0.